The summed E-state index contributed by atoms with van der Waals surface area (Å²) in [6.45, 7) is 1.41. The van der Waals surface area contributed by atoms with Crippen LogP contribution in [-0.2, 0) is 4.79 Å². The molecule has 0 fully saturated rings. The van der Waals surface area contributed by atoms with E-state index in [1.165, 1.54) is 13.1 Å². The molecular weight excluding hydrogens is 278 g/mol. The Hall–Kier alpha value is -2.40. The van der Waals surface area contributed by atoms with Crippen LogP contribution in [0.2, 0.25) is 5.02 Å². The monoisotopic (exact) mass is 289 g/mol. The molecule has 0 aliphatic heterocycles. The van der Waals surface area contributed by atoms with Gasteiger partial charge in [0.15, 0.2) is 0 Å². The maximum absolute atomic E-state index is 12.1. The maximum Gasteiger partial charge on any atom is 0.256 e. The molecular formula is C14H12ClN3O2. The number of hydrogen-bond acceptors (Lipinski definition) is 3. The molecule has 0 atom stereocenters. The molecule has 0 aliphatic rings. The summed E-state index contributed by atoms with van der Waals surface area (Å²) in [6.07, 6.45) is 1.51. The van der Waals surface area contributed by atoms with Gasteiger partial charge in [-0.25, -0.2) is 4.98 Å². The standard InChI is InChI=1S/C14H12ClN3O2/c1-9(19)17-12-4-2-3-10(7-12)14(20)18-13-8-11(15)5-6-16-13/h2-8H,1H3,(H,17,19)(H,16,18,20). The molecule has 1 aromatic carbocycles. The number of pyridine rings is 1. The molecule has 0 unspecified atom stereocenters. The lowest BCUT2D eigenvalue weighted by Crippen LogP contribution is -2.13. The lowest BCUT2D eigenvalue weighted by molar-refractivity contribution is -0.114. The van der Waals surface area contributed by atoms with Crippen molar-refractivity contribution in [2.45, 2.75) is 6.92 Å². The number of aromatic nitrogens is 1. The highest BCUT2D eigenvalue weighted by Crippen LogP contribution is 2.15. The lowest BCUT2D eigenvalue weighted by atomic mass is 10.2. The molecule has 2 aromatic rings. The van der Waals surface area contributed by atoms with Crippen molar-refractivity contribution >= 4 is 34.9 Å². The van der Waals surface area contributed by atoms with E-state index in [-0.39, 0.29) is 11.8 Å². The molecule has 0 saturated carbocycles. The quantitative estimate of drug-likeness (QED) is 0.912. The number of hydrogen-bond donors (Lipinski definition) is 2. The second-order valence-corrected chi connectivity index (χ2v) is 4.51. The Morgan fingerprint density at radius 1 is 1.15 bits per heavy atom. The zero-order valence-corrected chi connectivity index (χ0v) is 11.4. The zero-order chi connectivity index (χ0) is 14.5. The van der Waals surface area contributed by atoms with Crippen LogP contribution in [0, 0.1) is 0 Å². The van der Waals surface area contributed by atoms with Crippen LogP contribution < -0.4 is 10.6 Å². The minimum absolute atomic E-state index is 0.195. The first-order valence-electron chi connectivity index (χ1n) is 5.85. The van der Waals surface area contributed by atoms with Gasteiger partial charge in [-0.2, -0.15) is 0 Å². The van der Waals surface area contributed by atoms with Crippen molar-refractivity contribution in [2.24, 2.45) is 0 Å². The molecule has 1 aromatic heterocycles. The number of nitrogens with zero attached hydrogens (tertiary/aromatic N) is 1. The van der Waals surface area contributed by atoms with Crippen LogP contribution >= 0.6 is 11.6 Å². The van der Waals surface area contributed by atoms with E-state index >= 15 is 0 Å². The number of nitrogens with one attached hydrogen (secondary N) is 2. The van der Waals surface area contributed by atoms with E-state index < -0.39 is 0 Å². The third-order valence-electron chi connectivity index (χ3n) is 2.41. The van der Waals surface area contributed by atoms with E-state index in [4.69, 9.17) is 11.6 Å². The summed E-state index contributed by atoms with van der Waals surface area (Å²) in [5.74, 6) is -0.154. The van der Waals surface area contributed by atoms with Crippen molar-refractivity contribution in [2.75, 3.05) is 10.6 Å². The van der Waals surface area contributed by atoms with Crippen LogP contribution in [-0.4, -0.2) is 16.8 Å². The number of rotatable bonds is 3. The van der Waals surface area contributed by atoms with Crippen molar-refractivity contribution < 1.29 is 9.59 Å². The minimum atomic E-state index is -0.327. The van der Waals surface area contributed by atoms with E-state index in [2.05, 4.69) is 15.6 Å². The second-order valence-electron chi connectivity index (χ2n) is 4.08. The smallest absolute Gasteiger partial charge is 0.256 e. The molecule has 2 amide bonds. The molecule has 0 saturated heterocycles. The highest BCUT2D eigenvalue weighted by molar-refractivity contribution is 6.30. The minimum Gasteiger partial charge on any atom is -0.326 e. The van der Waals surface area contributed by atoms with Gasteiger partial charge in [-0.05, 0) is 30.3 Å². The molecule has 102 valence electrons. The first-order chi connectivity index (χ1) is 9.54. The molecule has 1 heterocycles. The Bertz CT molecular complexity index is 658. The normalized spacial score (nSPS) is 9.90. The molecule has 0 bridgehead atoms. The average Bonchev–Trinajstić information content (AvgIpc) is 2.38. The fourth-order valence-corrected chi connectivity index (χ4v) is 1.76. The van der Waals surface area contributed by atoms with E-state index in [1.807, 2.05) is 0 Å². The summed E-state index contributed by atoms with van der Waals surface area (Å²) < 4.78 is 0. The fraction of sp³-hybridized carbons (Fsp3) is 0.0714. The molecule has 0 spiro atoms. The zero-order valence-electron chi connectivity index (χ0n) is 10.7. The SMILES string of the molecule is CC(=O)Nc1cccc(C(=O)Nc2cc(Cl)ccn2)c1. The first kappa shape index (κ1) is 14.0. The summed E-state index contributed by atoms with van der Waals surface area (Å²) in [7, 11) is 0. The second kappa shape index (κ2) is 6.16. The highest BCUT2D eigenvalue weighted by Gasteiger charge is 2.08. The number of amides is 2. The van der Waals surface area contributed by atoms with E-state index in [9.17, 15) is 9.59 Å². The van der Waals surface area contributed by atoms with Crippen molar-refractivity contribution in [3.63, 3.8) is 0 Å². The molecule has 20 heavy (non-hydrogen) atoms. The van der Waals surface area contributed by atoms with Crippen LogP contribution in [0.4, 0.5) is 11.5 Å². The summed E-state index contributed by atoms with van der Waals surface area (Å²) in [5, 5.41) is 5.74. The van der Waals surface area contributed by atoms with Gasteiger partial charge >= 0.3 is 0 Å². The number of halogens is 1. The maximum atomic E-state index is 12.1. The van der Waals surface area contributed by atoms with Crippen LogP contribution in [0.5, 0.6) is 0 Å². The van der Waals surface area contributed by atoms with E-state index in [0.717, 1.165) is 0 Å². The van der Waals surface area contributed by atoms with Gasteiger partial charge in [0.25, 0.3) is 5.91 Å². The Morgan fingerprint density at radius 2 is 1.95 bits per heavy atom. The molecule has 5 nitrogen and oxygen atoms in total. The van der Waals surface area contributed by atoms with Gasteiger partial charge in [0.05, 0.1) is 0 Å². The number of anilines is 2. The summed E-state index contributed by atoms with van der Waals surface area (Å²) >= 11 is 5.82. The molecule has 6 heteroatoms. The summed E-state index contributed by atoms with van der Waals surface area (Å²) in [4.78, 5) is 27.0. The molecule has 2 N–H and O–H groups in total. The Labute approximate surface area is 121 Å². The largest absolute Gasteiger partial charge is 0.326 e. The van der Waals surface area contributed by atoms with Crippen LogP contribution in [0.1, 0.15) is 17.3 Å². The van der Waals surface area contributed by atoms with Gasteiger partial charge in [-0.15, -0.1) is 0 Å². The van der Waals surface area contributed by atoms with Gasteiger partial charge in [0.1, 0.15) is 5.82 Å². The number of carbonyl (C=O) groups is 2. The van der Waals surface area contributed by atoms with Gasteiger partial charge in [0.2, 0.25) is 5.91 Å². The Kier molecular flexibility index (Phi) is 4.32. The Balaban J connectivity index is 2.15. The molecule has 0 aliphatic carbocycles. The third kappa shape index (κ3) is 3.80. The average molecular weight is 290 g/mol. The van der Waals surface area contributed by atoms with Crippen molar-refractivity contribution in [1.29, 1.82) is 0 Å². The third-order valence-corrected chi connectivity index (χ3v) is 2.64. The van der Waals surface area contributed by atoms with Crippen LogP contribution in [0.15, 0.2) is 42.6 Å². The Morgan fingerprint density at radius 3 is 2.65 bits per heavy atom. The van der Waals surface area contributed by atoms with Gasteiger partial charge in [0, 0.05) is 29.4 Å². The van der Waals surface area contributed by atoms with E-state index in [0.29, 0.717) is 22.1 Å². The summed E-state index contributed by atoms with van der Waals surface area (Å²) in [5.41, 5.74) is 0.974. The van der Waals surface area contributed by atoms with Crippen molar-refractivity contribution in [1.82, 2.24) is 4.98 Å². The van der Waals surface area contributed by atoms with Crippen molar-refractivity contribution in [3.05, 3.63) is 53.2 Å². The lowest BCUT2D eigenvalue weighted by Gasteiger charge is -2.07. The predicted molar refractivity (Wildman–Crippen MR) is 77.9 cm³/mol. The van der Waals surface area contributed by atoms with Crippen LogP contribution in [0.25, 0.3) is 0 Å². The van der Waals surface area contributed by atoms with Crippen LogP contribution in [0.3, 0.4) is 0 Å². The van der Waals surface area contributed by atoms with Gasteiger partial charge < -0.3 is 10.6 Å². The van der Waals surface area contributed by atoms with Gasteiger partial charge in [-0.3, -0.25) is 9.59 Å². The van der Waals surface area contributed by atoms with Gasteiger partial charge in [-0.1, -0.05) is 17.7 Å². The molecule has 2 rings (SSSR count). The topological polar surface area (TPSA) is 71.1 Å². The van der Waals surface area contributed by atoms with Crippen molar-refractivity contribution in [3.8, 4) is 0 Å². The van der Waals surface area contributed by atoms with E-state index in [1.54, 1.807) is 36.4 Å². The highest BCUT2D eigenvalue weighted by atomic mass is 35.5. The number of benzene rings is 1. The summed E-state index contributed by atoms with van der Waals surface area (Å²) in [6, 6.07) is 9.79. The molecule has 0 radical (unpaired) electrons. The first-order valence-corrected chi connectivity index (χ1v) is 6.23. The number of carbonyl (C=O) groups excluding carboxylic acids is 2. The fourth-order valence-electron chi connectivity index (χ4n) is 1.60. The predicted octanol–water partition coefficient (Wildman–Crippen LogP) is 2.95.